The summed E-state index contributed by atoms with van der Waals surface area (Å²) in [5, 5.41) is 11.6. The molecule has 0 aliphatic carbocycles. The van der Waals surface area contributed by atoms with E-state index in [9.17, 15) is 8.42 Å². The number of hydrogen-bond donors (Lipinski definition) is 3. The summed E-state index contributed by atoms with van der Waals surface area (Å²) in [6.07, 6.45) is 0. The van der Waals surface area contributed by atoms with E-state index in [1.54, 1.807) is 12.1 Å². The Balaban J connectivity index is 0.00000338. The van der Waals surface area contributed by atoms with Gasteiger partial charge in [-0.25, -0.2) is 18.5 Å². The molecule has 0 fully saturated rings. The van der Waals surface area contributed by atoms with Crippen LogP contribution in [0.5, 0.6) is 0 Å². The Morgan fingerprint density at radius 1 is 1.08 bits per heavy atom. The van der Waals surface area contributed by atoms with Crippen LogP contribution in [0.3, 0.4) is 0 Å². The van der Waals surface area contributed by atoms with Crippen molar-refractivity contribution in [3.05, 3.63) is 65.2 Å². The fourth-order valence-electron chi connectivity index (χ4n) is 2.22. The van der Waals surface area contributed by atoms with Gasteiger partial charge in [-0.05, 0) is 37.1 Å². The number of nitrogens with zero attached hydrogens (tertiary/aromatic N) is 1. The Bertz CT molecular complexity index is 837. The van der Waals surface area contributed by atoms with Crippen LogP contribution in [0.25, 0.3) is 0 Å². The van der Waals surface area contributed by atoms with E-state index < -0.39 is 10.0 Å². The van der Waals surface area contributed by atoms with Gasteiger partial charge in [0.25, 0.3) is 0 Å². The predicted octanol–water partition coefficient (Wildman–Crippen LogP) is 2.52. The number of hydrogen-bond acceptors (Lipinski definition) is 3. The zero-order valence-corrected chi connectivity index (χ0v) is 18.0. The molecule has 0 saturated heterocycles. The van der Waals surface area contributed by atoms with Crippen molar-refractivity contribution >= 4 is 40.0 Å². The highest BCUT2D eigenvalue weighted by atomic mass is 127. The molecule has 0 unspecified atom stereocenters. The Hall–Kier alpha value is -1.65. The summed E-state index contributed by atoms with van der Waals surface area (Å²) in [5.41, 5.74) is 3.16. The number of aryl methyl sites for hydroxylation is 1. The Morgan fingerprint density at radius 2 is 1.77 bits per heavy atom. The average molecular weight is 488 g/mol. The molecule has 8 heteroatoms. The first-order chi connectivity index (χ1) is 11.9. The summed E-state index contributed by atoms with van der Waals surface area (Å²) in [4.78, 5) is 4.59. The third-order valence-corrected chi connectivity index (χ3v) is 4.48. The molecule has 142 valence electrons. The number of nitrogens with one attached hydrogen (secondary N) is 2. The molecule has 0 radical (unpaired) electrons. The minimum absolute atomic E-state index is 0. The molecule has 0 spiro atoms. The number of sulfonamides is 1. The number of aliphatic imine (C=N–C) groups is 1. The molecule has 4 N–H and O–H groups in total. The molecule has 26 heavy (non-hydrogen) atoms. The van der Waals surface area contributed by atoms with Gasteiger partial charge in [-0.2, -0.15) is 0 Å². The van der Waals surface area contributed by atoms with Crippen LogP contribution in [0.2, 0.25) is 0 Å². The van der Waals surface area contributed by atoms with Crippen molar-refractivity contribution in [1.29, 1.82) is 0 Å². The standard InChI is InChI=1S/C18H24N4O2S.HI/c1-3-20-18(21-12-15-9-7-14(2)8-10-15)22-13-16-5-4-6-17(11-16)25(19,23)24;/h4-11H,3,12-13H2,1-2H3,(H2,19,23,24)(H2,20,21,22);1H. The highest BCUT2D eigenvalue weighted by molar-refractivity contribution is 14.0. The summed E-state index contributed by atoms with van der Waals surface area (Å²) in [6.45, 7) is 5.79. The lowest BCUT2D eigenvalue weighted by molar-refractivity contribution is 0.597. The van der Waals surface area contributed by atoms with E-state index in [4.69, 9.17) is 5.14 Å². The lowest BCUT2D eigenvalue weighted by Crippen LogP contribution is -2.36. The molecule has 2 aromatic carbocycles. The van der Waals surface area contributed by atoms with Crippen LogP contribution >= 0.6 is 24.0 Å². The first-order valence-electron chi connectivity index (χ1n) is 8.08. The third-order valence-electron chi connectivity index (χ3n) is 3.57. The van der Waals surface area contributed by atoms with Gasteiger partial charge in [-0.15, -0.1) is 24.0 Å². The molecule has 0 aliphatic rings. The summed E-state index contributed by atoms with van der Waals surface area (Å²) in [5.74, 6) is 0.670. The van der Waals surface area contributed by atoms with Crippen LogP contribution < -0.4 is 15.8 Å². The molecular weight excluding hydrogens is 463 g/mol. The molecule has 0 aliphatic heterocycles. The van der Waals surface area contributed by atoms with Crippen molar-refractivity contribution in [2.45, 2.75) is 31.8 Å². The number of benzene rings is 2. The second-order valence-corrected chi connectivity index (χ2v) is 7.29. The second-order valence-electron chi connectivity index (χ2n) is 5.73. The van der Waals surface area contributed by atoms with Crippen LogP contribution in [0.15, 0.2) is 58.4 Å². The number of guanidine groups is 1. The van der Waals surface area contributed by atoms with Gasteiger partial charge < -0.3 is 10.6 Å². The van der Waals surface area contributed by atoms with Gasteiger partial charge >= 0.3 is 0 Å². The van der Waals surface area contributed by atoms with Crippen LogP contribution in [-0.2, 0) is 23.1 Å². The predicted molar refractivity (Wildman–Crippen MR) is 116 cm³/mol. The van der Waals surface area contributed by atoms with Gasteiger partial charge in [0.2, 0.25) is 10.0 Å². The fraction of sp³-hybridized carbons (Fsp3) is 0.278. The lowest BCUT2D eigenvalue weighted by atomic mass is 10.1. The topological polar surface area (TPSA) is 96.6 Å². The van der Waals surface area contributed by atoms with E-state index in [0.29, 0.717) is 19.0 Å². The highest BCUT2D eigenvalue weighted by Crippen LogP contribution is 2.10. The lowest BCUT2D eigenvalue weighted by Gasteiger charge is -2.11. The quantitative estimate of drug-likeness (QED) is 0.331. The minimum atomic E-state index is -3.70. The van der Waals surface area contributed by atoms with Crippen molar-refractivity contribution in [2.75, 3.05) is 6.54 Å². The van der Waals surface area contributed by atoms with E-state index >= 15 is 0 Å². The molecule has 0 atom stereocenters. The molecule has 0 aromatic heterocycles. The largest absolute Gasteiger partial charge is 0.357 e. The number of rotatable bonds is 6. The number of nitrogens with two attached hydrogens (primary N) is 1. The molecular formula is C18H25IN4O2S. The van der Waals surface area contributed by atoms with Crippen LogP contribution in [-0.4, -0.2) is 20.9 Å². The first kappa shape index (κ1) is 22.4. The molecule has 2 aromatic rings. The molecule has 0 bridgehead atoms. The maximum absolute atomic E-state index is 11.4. The Morgan fingerprint density at radius 3 is 2.38 bits per heavy atom. The number of primary sulfonamides is 1. The van der Waals surface area contributed by atoms with Crippen molar-refractivity contribution in [2.24, 2.45) is 10.1 Å². The van der Waals surface area contributed by atoms with Gasteiger partial charge in [0.1, 0.15) is 0 Å². The van der Waals surface area contributed by atoms with Gasteiger partial charge in [0.15, 0.2) is 5.96 Å². The van der Waals surface area contributed by atoms with Gasteiger partial charge in [-0.3, -0.25) is 0 Å². The van der Waals surface area contributed by atoms with E-state index in [1.165, 1.54) is 11.6 Å². The zero-order valence-electron chi connectivity index (χ0n) is 14.9. The smallest absolute Gasteiger partial charge is 0.238 e. The summed E-state index contributed by atoms with van der Waals surface area (Å²) >= 11 is 0. The SMILES string of the molecule is CCNC(=NCc1cccc(S(N)(=O)=O)c1)NCc1ccc(C)cc1.I. The maximum Gasteiger partial charge on any atom is 0.238 e. The van der Waals surface area contributed by atoms with E-state index in [2.05, 4.69) is 46.8 Å². The van der Waals surface area contributed by atoms with Crippen molar-refractivity contribution < 1.29 is 8.42 Å². The number of halogens is 1. The van der Waals surface area contributed by atoms with Crippen LogP contribution in [0, 0.1) is 6.92 Å². The summed E-state index contributed by atoms with van der Waals surface area (Å²) < 4.78 is 22.9. The third kappa shape index (κ3) is 7.30. The highest BCUT2D eigenvalue weighted by Gasteiger charge is 2.07. The van der Waals surface area contributed by atoms with Crippen LogP contribution in [0.4, 0.5) is 0 Å². The van der Waals surface area contributed by atoms with Gasteiger partial charge in [-0.1, -0.05) is 42.0 Å². The normalized spacial score (nSPS) is 11.6. The van der Waals surface area contributed by atoms with Crippen molar-refractivity contribution in [3.63, 3.8) is 0 Å². The Labute approximate surface area is 172 Å². The van der Waals surface area contributed by atoms with Gasteiger partial charge in [0.05, 0.1) is 11.4 Å². The summed E-state index contributed by atoms with van der Waals surface area (Å²) in [7, 11) is -3.70. The monoisotopic (exact) mass is 488 g/mol. The molecule has 6 nitrogen and oxygen atoms in total. The maximum atomic E-state index is 11.4. The van der Waals surface area contributed by atoms with Crippen molar-refractivity contribution in [1.82, 2.24) is 10.6 Å². The minimum Gasteiger partial charge on any atom is -0.357 e. The second kappa shape index (κ2) is 10.5. The van der Waals surface area contributed by atoms with E-state index in [1.807, 2.05) is 13.0 Å². The molecule has 2 rings (SSSR count). The zero-order chi connectivity index (χ0) is 18.3. The van der Waals surface area contributed by atoms with Gasteiger partial charge in [0, 0.05) is 13.1 Å². The molecule has 0 saturated carbocycles. The Kier molecular flexibility index (Phi) is 9.03. The van der Waals surface area contributed by atoms with Crippen molar-refractivity contribution in [3.8, 4) is 0 Å². The van der Waals surface area contributed by atoms with E-state index in [-0.39, 0.29) is 28.9 Å². The molecule has 0 amide bonds. The van der Waals surface area contributed by atoms with Crippen LogP contribution in [0.1, 0.15) is 23.6 Å². The first-order valence-corrected chi connectivity index (χ1v) is 9.62. The average Bonchev–Trinajstić information content (AvgIpc) is 2.58. The molecule has 0 heterocycles. The summed E-state index contributed by atoms with van der Waals surface area (Å²) in [6, 6.07) is 14.8. The fourth-order valence-corrected chi connectivity index (χ4v) is 2.81. The van der Waals surface area contributed by atoms with E-state index in [0.717, 1.165) is 17.7 Å².